The van der Waals surface area contributed by atoms with Crippen molar-refractivity contribution in [1.29, 1.82) is 0 Å². The monoisotopic (exact) mass is 334 g/mol. The molecule has 4 nitrogen and oxygen atoms in total. The van der Waals surface area contributed by atoms with Crippen LogP contribution in [-0.2, 0) is 17.6 Å². The molecule has 3 rings (SSSR count). The minimum absolute atomic E-state index is 0. The van der Waals surface area contributed by atoms with Gasteiger partial charge >= 0.3 is 35.5 Å². The van der Waals surface area contributed by atoms with Gasteiger partial charge in [0, 0.05) is 6.92 Å². The molecule has 3 aromatic rings. The average molecular weight is 334 g/mol. The van der Waals surface area contributed by atoms with E-state index in [4.69, 9.17) is 9.15 Å². The van der Waals surface area contributed by atoms with Crippen LogP contribution in [0.1, 0.15) is 33.3 Å². The number of hydrogen-bond acceptors (Lipinski definition) is 4. The van der Waals surface area contributed by atoms with Gasteiger partial charge < -0.3 is 10.6 Å². The Hall–Kier alpha value is -1.62. The van der Waals surface area contributed by atoms with Gasteiger partial charge in [0.2, 0.25) is 5.43 Å². The summed E-state index contributed by atoms with van der Waals surface area (Å²) in [6.07, 6.45) is 1.64. The zero-order valence-corrected chi connectivity index (χ0v) is 16.4. The Labute approximate surface area is 163 Å². The van der Waals surface area contributed by atoms with Gasteiger partial charge in [-0.2, -0.15) is 0 Å². The molecule has 120 valence electrons. The van der Waals surface area contributed by atoms with Crippen LogP contribution in [0.5, 0.6) is 5.75 Å². The number of carbonyl (C=O) groups excluding carboxylic acids is 1. The van der Waals surface area contributed by atoms with Crippen molar-refractivity contribution in [2.45, 2.75) is 33.6 Å². The van der Waals surface area contributed by atoms with Crippen LogP contribution in [0, 0.1) is 0 Å². The SMILES string of the molecule is CCc1ccc2c(=O)c3cccc(OC(C)=O)c3oc2c1CC.[H-].[Na+]. The molecule has 0 saturated carbocycles. The molecule has 0 unspecified atom stereocenters. The number of carbonyl (C=O) groups is 1. The maximum atomic E-state index is 12.8. The minimum Gasteiger partial charge on any atom is -1.00 e. The van der Waals surface area contributed by atoms with Gasteiger partial charge in [0.1, 0.15) is 5.58 Å². The van der Waals surface area contributed by atoms with Crippen molar-refractivity contribution in [2.24, 2.45) is 0 Å². The summed E-state index contributed by atoms with van der Waals surface area (Å²) in [6.45, 7) is 5.44. The van der Waals surface area contributed by atoms with E-state index in [2.05, 4.69) is 6.92 Å². The molecule has 1 aromatic heterocycles. The molecule has 1 heterocycles. The molecule has 24 heavy (non-hydrogen) atoms. The van der Waals surface area contributed by atoms with Crippen LogP contribution < -0.4 is 39.7 Å². The van der Waals surface area contributed by atoms with Crippen LogP contribution in [0.25, 0.3) is 21.9 Å². The molecule has 0 N–H and O–H groups in total. The number of benzene rings is 2. The first-order valence-electron chi connectivity index (χ1n) is 7.75. The van der Waals surface area contributed by atoms with E-state index in [9.17, 15) is 9.59 Å². The zero-order chi connectivity index (χ0) is 16.6. The van der Waals surface area contributed by atoms with E-state index in [0.29, 0.717) is 21.9 Å². The third kappa shape index (κ3) is 3.14. The van der Waals surface area contributed by atoms with Gasteiger partial charge in [-0.3, -0.25) is 9.59 Å². The van der Waals surface area contributed by atoms with Gasteiger partial charge in [-0.1, -0.05) is 26.0 Å². The van der Waals surface area contributed by atoms with Gasteiger partial charge in [-0.25, -0.2) is 0 Å². The van der Waals surface area contributed by atoms with E-state index in [0.717, 1.165) is 24.0 Å². The Balaban J connectivity index is 0.00000156. The number of hydrogen-bond donors (Lipinski definition) is 0. The summed E-state index contributed by atoms with van der Waals surface area (Å²) >= 11 is 0. The van der Waals surface area contributed by atoms with E-state index in [1.807, 2.05) is 19.1 Å². The van der Waals surface area contributed by atoms with E-state index >= 15 is 0 Å². The summed E-state index contributed by atoms with van der Waals surface area (Å²) in [7, 11) is 0. The second-order valence-corrected chi connectivity index (χ2v) is 5.44. The molecule has 0 atom stereocenters. The molecule has 0 fully saturated rings. The number of para-hydroxylation sites is 1. The third-order valence-electron chi connectivity index (χ3n) is 4.02. The summed E-state index contributed by atoms with van der Waals surface area (Å²) in [5.74, 6) is -0.170. The van der Waals surface area contributed by atoms with E-state index in [1.54, 1.807) is 18.2 Å². The Morgan fingerprint density at radius 3 is 2.42 bits per heavy atom. The van der Waals surface area contributed by atoms with Crippen LogP contribution in [0.3, 0.4) is 0 Å². The van der Waals surface area contributed by atoms with Gasteiger partial charge in [-0.05, 0) is 42.2 Å². The second-order valence-electron chi connectivity index (χ2n) is 5.44. The largest absolute Gasteiger partial charge is 1.00 e. The van der Waals surface area contributed by atoms with Crippen LogP contribution >= 0.6 is 0 Å². The summed E-state index contributed by atoms with van der Waals surface area (Å²) in [4.78, 5) is 24.1. The number of aryl methyl sites for hydroxylation is 2. The Morgan fingerprint density at radius 2 is 1.79 bits per heavy atom. The fraction of sp³-hybridized carbons (Fsp3) is 0.263. The smallest absolute Gasteiger partial charge is 1.00 e. The molecular formula is C19H19NaO4. The first-order valence-corrected chi connectivity index (χ1v) is 7.75. The molecule has 0 saturated heterocycles. The quantitative estimate of drug-likeness (QED) is 0.312. The molecule has 0 spiro atoms. The van der Waals surface area contributed by atoms with E-state index in [-0.39, 0.29) is 42.2 Å². The summed E-state index contributed by atoms with van der Waals surface area (Å²) in [5.41, 5.74) is 2.99. The van der Waals surface area contributed by atoms with Crippen molar-refractivity contribution < 1.29 is 44.9 Å². The summed E-state index contributed by atoms with van der Waals surface area (Å²) < 4.78 is 11.2. The Morgan fingerprint density at radius 1 is 1.08 bits per heavy atom. The fourth-order valence-corrected chi connectivity index (χ4v) is 2.97. The van der Waals surface area contributed by atoms with Gasteiger partial charge in [0.05, 0.1) is 10.8 Å². The molecule has 0 amide bonds. The molecule has 5 heteroatoms. The van der Waals surface area contributed by atoms with Crippen molar-refractivity contribution in [1.82, 2.24) is 0 Å². The minimum atomic E-state index is -0.446. The maximum Gasteiger partial charge on any atom is 1.00 e. The Kier molecular flexibility index (Phi) is 5.86. The van der Waals surface area contributed by atoms with Crippen molar-refractivity contribution >= 4 is 27.9 Å². The second kappa shape index (κ2) is 7.51. The van der Waals surface area contributed by atoms with Crippen molar-refractivity contribution in [3.63, 3.8) is 0 Å². The zero-order valence-electron chi connectivity index (χ0n) is 15.4. The summed E-state index contributed by atoms with van der Waals surface area (Å²) in [5, 5.41) is 0.981. The topological polar surface area (TPSA) is 56.5 Å². The van der Waals surface area contributed by atoms with Crippen molar-refractivity contribution in [3.05, 3.63) is 51.7 Å². The van der Waals surface area contributed by atoms with Gasteiger partial charge in [-0.15, -0.1) is 0 Å². The standard InChI is InChI=1S/C19H18O4.Na.H/c1-4-12-9-10-15-17(21)14-7-6-8-16(22-11(3)20)19(14)23-18(15)13(12)5-2;;/h6-10H,4-5H2,1-3H3;;/q;+1;-1. The fourth-order valence-electron chi connectivity index (χ4n) is 2.97. The van der Waals surface area contributed by atoms with E-state index < -0.39 is 5.97 Å². The van der Waals surface area contributed by atoms with Crippen LogP contribution in [0.2, 0.25) is 0 Å². The van der Waals surface area contributed by atoms with Crippen LogP contribution in [0.15, 0.2) is 39.5 Å². The molecule has 0 radical (unpaired) electrons. The molecule has 0 bridgehead atoms. The predicted octanol–water partition coefficient (Wildman–Crippen LogP) is 1.11. The molecule has 2 aromatic carbocycles. The van der Waals surface area contributed by atoms with Gasteiger partial charge in [0.25, 0.3) is 0 Å². The number of esters is 1. The van der Waals surface area contributed by atoms with E-state index in [1.165, 1.54) is 6.92 Å². The summed E-state index contributed by atoms with van der Waals surface area (Å²) in [6, 6.07) is 8.81. The average Bonchev–Trinajstić information content (AvgIpc) is 2.54. The number of rotatable bonds is 3. The maximum absolute atomic E-state index is 12.8. The van der Waals surface area contributed by atoms with Gasteiger partial charge in [0.15, 0.2) is 11.3 Å². The van der Waals surface area contributed by atoms with Crippen molar-refractivity contribution in [2.75, 3.05) is 0 Å². The van der Waals surface area contributed by atoms with Crippen molar-refractivity contribution in [3.8, 4) is 5.75 Å². The van der Waals surface area contributed by atoms with Crippen LogP contribution in [-0.4, -0.2) is 5.97 Å². The van der Waals surface area contributed by atoms with Crippen LogP contribution in [0.4, 0.5) is 0 Å². The first kappa shape index (κ1) is 18.7. The number of fused-ring (bicyclic) bond motifs is 2. The number of ether oxygens (including phenoxy) is 1. The molecule has 0 aliphatic heterocycles. The normalized spacial score (nSPS) is 10.6. The third-order valence-corrected chi connectivity index (χ3v) is 4.02. The molecule has 0 aliphatic rings. The molecule has 0 aliphatic carbocycles. The Bertz CT molecular complexity index is 978. The molecular weight excluding hydrogens is 315 g/mol. The first-order chi connectivity index (χ1) is 11.1. The predicted molar refractivity (Wildman–Crippen MR) is 91.2 cm³/mol.